The van der Waals surface area contributed by atoms with E-state index in [1.807, 2.05) is 18.2 Å². The van der Waals surface area contributed by atoms with E-state index in [-0.39, 0.29) is 49.1 Å². The highest BCUT2D eigenvalue weighted by molar-refractivity contribution is 7.89. The third-order valence-corrected chi connectivity index (χ3v) is 9.70. The minimum atomic E-state index is -4.07. The van der Waals surface area contributed by atoms with Gasteiger partial charge in [-0.15, -0.1) is 0 Å². The van der Waals surface area contributed by atoms with Gasteiger partial charge >= 0.3 is 0 Å². The number of piperazine rings is 1. The monoisotopic (exact) mass is 671 g/mol. The van der Waals surface area contributed by atoms with Crippen LogP contribution in [0.15, 0.2) is 96.0 Å². The highest BCUT2D eigenvalue weighted by atomic mass is 32.2. The van der Waals surface area contributed by atoms with Gasteiger partial charge in [-0.1, -0.05) is 36.4 Å². The fraction of sp³-hybridized carbons (Fsp3) is 0.171. The van der Waals surface area contributed by atoms with Crippen molar-refractivity contribution in [3.05, 3.63) is 119 Å². The maximum Gasteiger partial charge on any atom is 0.257 e. The molecule has 0 bridgehead atoms. The number of sulfonamides is 1. The van der Waals surface area contributed by atoms with E-state index in [1.54, 1.807) is 41.4 Å². The topological polar surface area (TPSA) is 135 Å². The van der Waals surface area contributed by atoms with E-state index in [1.165, 1.54) is 42.3 Å². The lowest BCUT2D eigenvalue weighted by molar-refractivity contribution is 0.0532. The Kier molecular flexibility index (Phi) is 9.07. The predicted molar refractivity (Wildman–Crippen MR) is 177 cm³/mol. The van der Waals surface area contributed by atoms with Gasteiger partial charge in [-0.2, -0.15) is 0 Å². The van der Waals surface area contributed by atoms with Crippen molar-refractivity contribution in [1.82, 2.24) is 19.5 Å². The molecule has 48 heavy (non-hydrogen) atoms. The largest absolute Gasteiger partial charge is 0.496 e. The van der Waals surface area contributed by atoms with Gasteiger partial charge in [0.15, 0.2) is 11.6 Å². The zero-order valence-electron chi connectivity index (χ0n) is 25.8. The van der Waals surface area contributed by atoms with Crippen molar-refractivity contribution in [3.8, 4) is 16.9 Å². The summed E-state index contributed by atoms with van der Waals surface area (Å²) >= 11 is 0. The molecular weight excluding hydrogens is 640 g/mol. The van der Waals surface area contributed by atoms with E-state index < -0.39 is 27.6 Å². The van der Waals surface area contributed by atoms with Gasteiger partial charge in [-0.3, -0.25) is 14.6 Å². The lowest BCUT2D eigenvalue weighted by Crippen LogP contribution is -2.50. The standard InChI is InChI=1S/C35H31F2N5O5S/c1-47-30-19-23(34(43)41-15-17-42(18-16-41)35(44)27-8-3-9-29(36)32(27)37)10-11-24(30)21-40-48(45,46)31-13-12-25(38)20-28(31)26-7-2-5-22-6-4-14-39-33(22)26/h2-14,19-20,40H,15-18,21,38H2,1H3. The summed E-state index contributed by atoms with van der Waals surface area (Å²) in [6, 6.07) is 21.9. The number of amides is 2. The first-order valence-corrected chi connectivity index (χ1v) is 16.5. The predicted octanol–water partition coefficient (Wildman–Crippen LogP) is 4.85. The summed E-state index contributed by atoms with van der Waals surface area (Å²) in [7, 11) is -2.65. The Labute approximate surface area is 275 Å². The van der Waals surface area contributed by atoms with Crippen LogP contribution in [0, 0.1) is 11.6 Å². The van der Waals surface area contributed by atoms with Crippen LogP contribution < -0.4 is 15.2 Å². The van der Waals surface area contributed by atoms with Crippen LogP contribution in [0.2, 0.25) is 0 Å². The number of ether oxygens (including phenoxy) is 1. The first kappa shape index (κ1) is 32.5. The summed E-state index contributed by atoms with van der Waals surface area (Å²) in [4.78, 5) is 33.5. The van der Waals surface area contributed by atoms with Gasteiger partial charge in [-0.05, 0) is 48.5 Å². The number of methoxy groups -OCH3 is 1. The number of halogens is 2. The molecule has 2 amide bonds. The molecule has 1 aliphatic rings. The maximum atomic E-state index is 14.2. The van der Waals surface area contributed by atoms with Crippen LogP contribution in [-0.4, -0.2) is 68.3 Å². The molecule has 6 rings (SSSR count). The Morgan fingerprint density at radius 3 is 2.33 bits per heavy atom. The number of rotatable bonds is 8. The number of hydrogen-bond acceptors (Lipinski definition) is 7. The number of nitrogens with one attached hydrogen (secondary N) is 1. The van der Waals surface area contributed by atoms with E-state index in [2.05, 4.69) is 9.71 Å². The fourth-order valence-electron chi connectivity index (χ4n) is 5.72. The number of hydrogen-bond donors (Lipinski definition) is 2. The van der Waals surface area contributed by atoms with Crippen molar-refractivity contribution in [1.29, 1.82) is 0 Å². The molecule has 246 valence electrons. The average molecular weight is 672 g/mol. The molecule has 1 aromatic heterocycles. The van der Waals surface area contributed by atoms with Crippen molar-refractivity contribution in [2.45, 2.75) is 11.4 Å². The van der Waals surface area contributed by atoms with Gasteiger partial charge < -0.3 is 20.3 Å². The molecule has 0 spiro atoms. The summed E-state index contributed by atoms with van der Waals surface area (Å²) in [6.45, 7) is 0.511. The molecular formula is C35H31F2N5O5S. The number of nitrogen functional groups attached to an aromatic ring is 1. The lowest BCUT2D eigenvalue weighted by Gasteiger charge is -2.35. The van der Waals surface area contributed by atoms with Crippen LogP contribution in [0.25, 0.3) is 22.0 Å². The SMILES string of the molecule is COc1cc(C(=O)N2CCN(C(=O)c3cccc(F)c3F)CC2)ccc1CNS(=O)(=O)c1ccc(N)cc1-c1cccc2cccnc12. The summed E-state index contributed by atoms with van der Waals surface area (Å²) in [6.07, 6.45) is 1.64. The molecule has 0 radical (unpaired) electrons. The number of para-hydroxylation sites is 1. The van der Waals surface area contributed by atoms with E-state index in [0.717, 1.165) is 11.5 Å². The average Bonchev–Trinajstić information content (AvgIpc) is 3.11. The Morgan fingerprint density at radius 2 is 1.58 bits per heavy atom. The summed E-state index contributed by atoms with van der Waals surface area (Å²) in [5, 5.41) is 0.850. The van der Waals surface area contributed by atoms with Crippen molar-refractivity contribution in [2.24, 2.45) is 0 Å². The van der Waals surface area contributed by atoms with Crippen molar-refractivity contribution in [3.63, 3.8) is 0 Å². The van der Waals surface area contributed by atoms with Crippen LogP contribution in [0.3, 0.4) is 0 Å². The molecule has 4 aromatic carbocycles. The van der Waals surface area contributed by atoms with E-state index in [9.17, 15) is 26.8 Å². The third kappa shape index (κ3) is 6.42. The molecule has 0 aliphatic carbocycles. The minimum absolute atomic E-state index is 0.0263. The fourth-order valence-corrected chi connectivity index (χ4v) is 6.93. The molecule has 0 saturated carbocycles. The van der Waals surface area contributed by atoms with Crippen LogP contribution >= 0.6 is 0 Å². The van der Waals surface area contributed by atoms with Gasteiger partial charge in [-0.25, -0.2) is 21.9 Å². The van der Waals surface area contributed by atoms with E-state index in [0.29, 0.717) is 39.2 Å². The van der Waals surface area contributed by atoms with Gasteiger partial charge in [0.25, 0.3) is 11.8 Å². The smallest absolute Gasteiger partial charge is 0.257 e. The van der Waals surface area contributed by atoms with E-state index in [4.69, 9.17) is 10.5 Å². The molecule has 10 nitrogen and oxygen atoms in total. The van der Waals surface area contributed by atoms with Gasteiger partial charge in [0.1, 0.15) is 5.75 Å². The molecule has 5 aromatic rings. The third-order valence-electron chi connectivity index (χ3n) is 8.24. The minimum Gasteiger partial charge on any atom is -0.496 e. The number of carbonyl (C=O) groups is 2. The Hall–Kier alpha value is -5.40. The first-order chi connectivity index (χ1) is 23.1. The highest BCUT2D eigenvalue weighted by Gasteiger charge is 2.28. The Balaban J connectivity index is 1.16. The normalized spacial score (nSPS) is 13.5. The zero-order valence-corrected chi connectivity index (χ0v) is 26.6. The number of nitrogens with two attached hydrogens (primary N) is 1. The van der Waals surface area contributed by atoms with Gasteiger partial charge in [0, 0.05) is 72.2 Å². The Bertz CT molecular complexity index is 2150. The number of nitrogens with zero attached hydrogens (tertiary/aromatic N) is 3. The summed E-state index contributed by atoms with van der Waals surface area (Å²) in [5.41, 5.74) is 8.57. The molecule has 2 heterocycles. The first-order valence-electron chi connectivity index (χ1n) is 15.0. The Morgan fingerprint density at radius 1 is 0.875 bits per heavy atom. The lowest BCUT2D eigenvalue weighted by atomic mass is 10.0. The summed E-state index contributed by atoms with van der Waals surface area (Å²) < 4.78 is 63.3. The number of aromatic nitrogens is 1. The van der Waals surface area contributed by atoms with Crippen LogP contribution in [-0.2, 0) is 16.6 Å². The highest BCUT2D eigenvalue weighted by Crippen LogP contribution is 2.34. The molecule has 13 heteroatoms. The number of benzene rings is 4. The van der Waals surface area contributed by atoms with Gasteiger partial charge in [0.05, 0.1) is 23.1 Å². The quantitative estimate of drug-likeness (QED) is 0.225. The van der Waals surface area contributed by atoms with Gasteiger partial charge in [0.2, 0.25) is 10.0 Å². The second kappa shape index (κ2) is 13.4. The molecule has 0 atom stereocenters. The van der Waals surface area contributed by atoms with Crippen molar-refractivity contribution in [2.75, 3.05) is 39.0 Å². The number of carbonyl (C=O) groups excluding carboxylic acids is 2. The second-order valence-corrected chi connectivity index (χ2v) is 12.9. The summed E-state index contributed by atoms with van der Waals surface area (Å²) in [5.74, 6) is -2.97. The maximum absolute atomic E-state index is 14.2. The number of fused-ring (bicyclic) bond motifs is 1. The second-order valence-electron chi connectivity index (χ2n) is 11.2. The van der Waals surface area contributed by atoms with Crippen molar-refractivity contribution >= 4 is 38.4 Å². The van der Waals surface area contributed by atoms with Crippen LogP contribution in [0.5, 0.6) is 5.75 Å². The van der Waals surface area contributed by atoms with Crippen LogP contribution in [0.4, 0.5) is 14.5 Å². The molecule has 0 unspecified atom stereocenters. The molecule has 1 fully saturated rings. The molecule has 1 aliphatic heterocycles. The van der Waals surface area contributed by atoms with Crippen LogP contribution in [0.1, 0.15) is 26.3 Å². The number of pyridine rings is 1. The number of anilines is 1. The molecule has 3 N–H and O–H groups in total. The molecule has 1 saturated heterocycles. The zero-order chi connectivity index (χ0) is 34.0. The van der Waals surface area contributed by atoms with E-state index >= 15 is 0 Å². The van der Waals surface area contributed by atoms with Crippen molar-refractivity contribution < 1.29 is 31.5 Å².